The first-order valence-corrected chi connectivity index (χ1v) is 11.5. The van der Waals surface area contributed by atoms with Crippen LogP contribution in [0.3, 0.4) is 0 Å². The second-order valence-corrected chi connectivity index (χ2v) is 8.99. The lowest BCUT2D eigenvalue weighted by Crippen LogP contribution is -2.14. The first kappa shape index (κ1) is 22.1. The molecule has 0 spiro atoms. The van der Waals surface area contributed by atoms with Crippen LogP contribution in [-0.4, -0.2) is 28.2 Å². The van der Waals surface area contributed by atoms with Crippen LogP contribution in [0, 0.1) is 20.8 Å². The largest absolute Gasteiger partial charge is 0.299 e. The van der Waals surface area contributed by atoms with Gasteiger partial charge in [0.25, 0.3) is 15.6 Å². The van der Waals surface area contributed by atoms with Crippen LogP contribution in [-0.2, 0) is 10.0 Å². The summed E-state index contributed by atoms with van der Waals surface area (Å²) in [6.07, 6.45) is 0. The topological polar surface area (TPSA) is 134 Å². The zero-order chi connectivity index (χ0) is 23.6. The van der Waals surface area contributed by atoms with Crippen LogP contribution in [0.5, 0.6) is 0 Å². The van der Waals surface area contributed by atoms with E-state index in [0.29, 0.717) is 28.6 Å². The number of H-pyrrole nitrogens is 1. The highest BCUT2D eigenvalue weighted by molar-refractivity contribution is 7.92. The molecule has 2 heterocycles. The van der Waals surface area contributed by atoms with E-state index in [1.165, 1.54) is 28.9 Å². The van der Waals surface area contributed by atoms with Crippen molar-refractivity contribution in [3.8, 4) is 5.69 Å². The third-order valence-corrected chi connectivity index (χ3v) is 6.04. The number of para-hydroxylation sites is 1. The van der Waals surface area contributed by atoms with Crippen molar-refractivity contribution in [2.45, 2.75) is 25.7 Å². The molecule has 0 saturated carbocycles. The van der Waals surface area contributed by atoms with Gasteiger partial charge in [-0.25, -0.2) is 23.1 Å². The predicted octanol–water partition coefficient (Wildman–Crippen LogP) is 4.10. The fourth-order valence-electron chi connectivity index (χ4n) is 3.18. The Morgan fingerprint density at radius 2 is 1.64 bits per heavy atom. The molecule has 0 fully saturated rings. The number of nitrogens with zero attached hydrogens (tertiary/aromatic N) is 5. The van der Waals surface area contributed by atoms with Crippen LogP contribution < -0.4 is 10.3 Å². The average Bonchev–Trinajstić information content (AvgIpc) is 3.05. The first-order chi connectivity index (χ1) is 15.7. The Labute approximate surface area is 190 Å². The predicted molar refractivity (Wildman–Crippen MR) is 124 cm³/mol. The Morgan fingerprint density at radius 3 is 2.30 bits per heavy atom. The molecule has 0 atom stereocenters. The van der Waals surface area contributed by atoms with Gasteiger partial charge in [-0.05, 0) is 57.2 Å². The molecule has 2 aromatic heterocycles. The molecule has 0 aliphatic rings. The van der Waals surface area contributed by atoms with Gasteiger partial charge in [-0.3, -0.25) is 14.6 Å². The molecule has 0 radical (unpaired) electrons. The zero-order valence-corrected chi connectivity index (χ0v) is 19.0. The Kier molecular flexibility index (Phi) is 5.88. The van der Waals surface area contributed by atoms with Crippen LogP contribution in [0.25, 0.3) is 5.69 Å². The van der Waals surface area contributed by atoms with Crippen molar-refractivity contribution in [2.75, 3.05) is 4.72 Å². The highest BCUT2D eigenvalue weighted by Crippen LogP contribution is 2.22. The highest BCUT2D eigenvalue weighted by Gasteiger charge is 2.16. The van der Waals surface area contributed by atoms with E-state index >= 15 is 0 Å². The van der Waals surface area contributed by atoms with Crippen molar-refractivity contribution < 1.29 is 8.42 Å². The van der Waals surface area contributed by atoms with E-state index in [2.05, 4.69) is 30.0 Å². The minimum atomic E-state index is -3.84. The van der Waals surface area contributed by atoms with E-state index in [4.69, 9.17) is 0 Å². The molecule has 168 valence electrons. The Bertz CT molecular complexity index is 1470. The van der Waals surface area contributed by atoms with Crippen molar-refractivity contribution in [1.29, 1.82) is 0 Å². The average molecular weight is 464 g/mol. The molecule has 0 aliphatic carbocycles. The lowest BCUT2D eigenvalue weighted by Gasteiger charge is -2.08. The lowest BCUT2D eigenvalue weighted by molar-refractivity contribution is 0.601. The van der Waals surface area contributed by atoms with Gasteiger partial charge in [0, 0.05) is 11.8 Å². The van der Waals surface area contributed by atoms with Gasteiger partial charge in [-0.15, -0.1) is 5.11 Å². The van der Waals surface area contributed by atoms with Crippen molar-refractivity contribution in [3.05, 3.63) is 88.2 Å². The molecule has 0 unspecified atom stereocenters. The highest BCUT2D eigenvalue weighted by atomic mass is 32.2. The summed E-state index contributed by atoms with van der Waals surface area (Å²) in [5, 5.41) is 11.1. The maximum atomic E-state index is 12.7. The number of benzene rings is 2. The number of sulfonamides is 1. The summed E-state index contributed by atoms with van der Waals surface area (Å²) in [6, 6.07) is 16.5. The van der Waals surface area contributed by atoms with E-state index < -0.39 is 10.0 Å². The van der Waals surface area contributed by atoms with Gasteiger partial charge in [0.1, 0.15) is 11.6 Å². The summed E-state index contributed by atoms with van der Waals surface area (Å²) in [5.74, 6) is 0.663. The molecule has 4 rings (SSSR count). The molecule has 33 heavy (non-hydrogen) atoms. The van der Waals surface area contributed by atoms with E-state index in [0.717, 1.165) is 0 Å². The number of anilines is 1. The van der Waals surface area contributed by atoms with Gasteiger partial charge in [-0.2, -0.15) is 5.11 Å². The van der Waals surface area contributed by atoms with Crippen molar-refractivity contribution in [3.63, 3.8) is 0 Å². The summed E-state index contributed by atoms with van der Waals surface area (Å²) >= 11 is 0. The maximum absolute atomic E-state index is 12.7. The quantitative estimate of drug-likeness (QED) is 0.415. The zero-order valence-electron chi connectivity index (χ0n) is 18.1. The number of hydrogen-bond donors (Lipinski definition) is 2. The third kappa shape index (κ3) is 4.88. The fourth-order valence-corrected chi connectivity index (χ4v) is 4.17. The number of aryl methyl sites for hydroxylation is 3. The number of hydrogen-bond acceptors (Lipinski definition) is 7. The molecule has 10 nitrogen and oxygen atoms in total. The number of azo groups is 1. The number of rotatable bonds is 6. The summed E-state index contributed by atoms with van der Waals surface area (Å²) in [7, 11) is -3.84. The summed E-state index contributed by atoms with van der Waals surface area (Å²) in [4.78, 5) is 21.0. The van der Waals surface area contributed by atoms with Crippen LogP contribution in [0.1, 0.15) is 17.2 Å². The summed E-state index contributed by atoms with van der Waals surface area (Å²) in [5.41, 5.74) is 2.14. The molecular weight excluding hydrogens is 442 g/mol. The summed E-state index contributed by atoms with van der Waals surface area (Å²) < 4.78 is 29.2. The molecule has 0 amide bonds. The molecule has 2 N–H and O–H groups in total. The van der Waals surface area contributed by atoms with Crippen molar-refractivity contribution >= 4 is 27.2 Å². The monoisotopic (exact) mass is 463 g/mol. The number of nitrogens with one attached hydrogen (secondary N) is 2. The van der Waals surface area contributed by atoms with E-state index in [1.807, 2.05) is 18.2 Å². The van der Waals surface area contributed by atoms with Gasteiger partial charge in [-0.1, -0.05) is 18.2 Å². The lowest BCUT2D eigenvalue weighted by atomic mass is 10.3. The number of aromatic nitrogens is 4. The second-order valence-electron chi connectivity index (χ2n) is 7.30. The van der Waals surface area contributed by atoms with Crippen LogP contribution in [0.4, 0.5) is 17.2 Å². The maximum Gasteiger partial charge on any atom is 0.299 e. The van der Waals surface area contributed by atoms with Crippen molar-refractivity contribution in [2.24, 2.45) is 10.2 Å². The molecule has 0 bridgehead atoms. The molecular formula is C22H21N7O3S. The minimum absolute atomic E-state index is 0.0413. The van der Waals surface area contributed by atoms with E-state index in [-0.39, 0.29) is 22.0 Å². The second kappa shape index (κ2) is 8.79. The van der Waals surface area contributed by atoms with Crippen LogP contribution >= 0.6 is 0 Å². The number of aromatic amines is 1. The Hall–Kier alpha value is -4.12. The smallest absolute Gasteiger partial charge is 0.293 e. The van der Waals surface area contributed by atoms with Gasteiger partial charge >= 0.3 is 0 Å². The fraction of sp³-hybridized carbons (Fsp3) is 0.136. The van der Waals surface area contributed by atoms with Crippen LogP contribution in [0.2, 0.25) is 0 Å². The Balaban J connectivity index is 1.54. The molecule has 0 saturated heterocycles. The SMILES string of the molecule is Cc1cc(NS(=O)(=O)c2ccc(N=Nc3c(C)[nH]n(-c4ccccc4)c3=O)cc2)nc(C)n1. The first-order valence-electron chi connectivity index (χ1n) is 9.97. The van der Waals surface area contributed by atoms with E-state index in [9.17, 15) is 13.2 Å². The normalized spacial score (nSPS) is 11.7. The molecule has 11 heteroatoms. The van der Waals surface area contributed by atoms with Crippen molar-refractivity contribution in [1.82, 2.24) is 19.7 Å². The van der Waals surface area contributed by atoms with Gasteiger partial charge < -0.3 is 0 Å². The standard InChI is InChI=1S/C22H21N7O3S/c1-14-13-20(24-16(3)23-14)28-33(31,32)19-11-9-17(10-12-19)25-26-21-15(2)27-29(22(21)30)18-7-5-4-6-8-18/h4-13,27H,1-3H3,(H,23,24,28). The van der Waals surface area contributed by atoms with E-state index in [1.54, 1.807) is 39.0 Å². The van der Waals surface area contributed by atoms with Crippen LogP contribution in [0.15, 0.2) is 80.6 Å². The summed E-state index contributed by atoms with van der Waals surface area (Å²) in [6.45, 7) is 5.17. The van der Waals surface area contributed by atoms with Gasteiger partial charge in [0.05, 0.1) is 22.0 Å². The molecule has 4 aromatic rings. The third-order valence-electron chi connectivity index (χ3n) is 4.67. The minimum Gasteiger partial charge on any atom is -0.293 e. The van der Waals surface area contributed by atoms with Gasteiger partial charge in [0.15, 0.2) is 5.69 Å². The molecule has 2 aromatic carbocycles. The molecule has 0 aliphatic heterocycles. The van der Waals surface area contributed by atoms with Gasteiger partial charge in [0.2, 0.25) is 0 Å². The Morgan fingerprint density at radius 1 is 0.939 bits per heavy atom.